The summed E-state index contributed by atoms with van der Waals surface area (Å²) < 4.78 is 18.7. The Bertz CT molecular complexity index is 993. The Hall–Kier alpha value is -3.34. The summed E-state index contributed by atoms with van der Waals surface area (Å²) in [6, 6.07) is 22.3. The van der Waals surface area contributed by atoms with Crippen molar-refractivity contribution in [2.75, 3.05) is 18.5 Å². The number of para-hydroxylation sites is 2. The largest absolute Gasteiger partial charge is 0.494 e. The van der Waals surface area contributed by atoms with Gasteiger partial charge < -0.3 is 15.0 Å². The smallest absolute Gasteiger partial charge is 0.201 e. The molecule has 0 fully saturated rings. The first-order valence-corrected chi connectivity index (χ1v) is 9.28. The number of aromatic amines is 1. The molecule has 0 atom stereocenters. The topological polar surface area (TPSA) is 49.9 Å². The van der Waals surface area contributed by atoms with Crippen LogP contribution in [0.15, 0.2) is 72.8 Å². The molecule has 5 heteroatoms. The molecule has 4 aromatic rings. The van der Waals surface area contributed by atoms with Gasteiger partial charge in [-0.05, 0) is 53.9 Å². The summed E-state index contributed by atoms with van der Waals surface area (Å²) in [5.74, 6) is 1.39. The number of fused-ring (bicyclic) bond motifs is 1. The minimum absolute atomic E-state index is 0.226. The monoisotopic (exact) mass is 374 g/mol. The molecule has 141 valence electrons. The highest BCUT2D eigenvalue weighted by Crippen LogP contribution is 2.17. The Kier molecular flexibility index (Phi) is 5.52. The standard InChI is InChI=1S/C23H21FN3O/c24-19-10-6-17(7-11-19)16-18-8-12-20(13-9-18)28-15-3-14-25-23-26-21-4-1-2-5-22(21)27-23/h1-2,4-13,16H,3,14-15H2,(H2,25,26,27). The molecule has 1 heterocycles. The number of benzene rings is 3. The molecule has 1 aromatic heterocycles. The van der Waals surface area contributed by atoms with Crippen molar-refractivity contribution >= 4 is 17.0 Å². The van der Waals surface area contributed by atoms with E-state index in [0.717, 1.165) is 46.8 Å². The number of nitrogens with one attached hydrogen (secondary N) is 2. The number of aromatic nitrogens is 2. The van der Waals surface area contributed by atoms with E-state index in [9.17, 15) is 4.39 Å². The molecule has 1 radical (unpaired) electrons. The quantitative estimate of drug-likeness (QED) is 0.418. The molecule has 4 rings (SSSR count). The lowest BCUT2D eigenvalue weighted by atomic mass is 10.1. The van der Waals surface area contributed by atoms with E-state index in [1.807, 2.05) is 55.0 Å². The summed E-state index contributed by atoms with van der Waals surface area (Å²) >= 11 is 0. The van der Waals surface area contributed by atoms with Crippen molar-refractivity contribution in [3.05, 3.63) is 96.2 Å². The fourth-order valence-electron chi connectivity index (χ4n) is 2.92. The summed E-state index contributed by atoms with van der Waals surface area (Å²) in [5.41, 5.74) is 4.00. The lowest BCUT2D eigenvalue weighted by Crippen LogP contribution is -2.08. The van der Waals surface area contributed by atoms with Crippen LogP contribution in [0.4, 0.5) is 10.3 Å². The van der Waals surface area contributed by atoms with Crippen molar-refractivity contribution in [2.45, 2.75) is 6.42 Å². The lowest BCUT2D eigenvalue weighted by Gasteiger charge is -2.08. The van der Waals surface area contributed by atoms with Gasteiger partial charge in [-0.2, -0.15) is 0 Å². The molecule has 28 heavy (non-hydrogen) atoms. The molecule has 2 N–H and O–H groups in total. The van der Waals surface area contributed by atoms with Gasteiger partial charge in [0, 0.05) is 13.0 Å². The van der Waals surface area contributed by atoms with Crippen molar-refractivity contribution < 1.29 is 9.13 Å². The summed E-state index contributed by atoms with van der Waals surface area (Å²) in [6.07, 6.45) is 2.86. The molecule has 0 aliphatic carbocycles. The van der Waals surface area contributed by atoms with E-state index in [1.165, 1.54) is 12.1 Å². The molecule has 0 aliphatic heterocycles. The van der Waals surface area contributed by atoms with E-state index >= 15 is 0 Å². The summed E-state index contributed by atoms with van der Waals surface area (Å²) in [5, 5.41) is 3.28. The first-order chi connectivity index (χ1) is 13.8. The fraction of sp³-hybridized carbons (Fsp3) is 0.130. The van der Waals surface area contributed by atoms with Crippen molar-refractivity contribution in [1.29, 1.82) is 0 Å². The first kappa shape index (κ1) is 18.0. The summed E-state index contributed by atoms with van der Waals surface area (Å²) in [4.78, 5) is 7.73. The van der Waals surface area contributed by atoms with E-state index in [1.54, 1.807) is 12.1 Å². The van der Waals surface area contributed by atoms with Crippen LogP contribution in [0.3, 0.4) is 0 Å². The summed E-state index contributed by atoms with van der Waals surface area (Å²) in [6.45, 7) is 1.39. The Labute approximate surface area is 163 Å². The average molecular weight is 374 g/mol. The average Bonchev–Trinajstić information content (AvgIpc) is 3.13. The Morgan fingerprint density at radius 1 is 0.929 bits per heavy atom. The van der Waals surface area contributed by atoms with E-state index in [4.69, 9.17) is 4.74 Å². The third kappa shape index (κ3) is 4.68. The van der Waals surface area contributed by atoms with Crippen LogP contribution < -0.4 is 10.1 Å². The van der Waals surface area contributed by atoms with Gasteiger partial charge in [-0.15, -0.1) is 0 Å². The zero-order valence-corrected chi connectivity index (χ0v) is 15.4. The van der Waals surface area contributed by atoms with Gasteiger partial charge >= 0.3 is 0 Å². The number of hydrogen-bond acceptors (Lipinski definition) is 3. The number of anilines is 1. The third-order valence-corrected chi connectivity index (χ3v) is 4.36. The normalized spacial score (nSPS) is 10.9. The number of rotatable bonds is 8. The van der Waals surface area contributed by atoms with Gasteiger partial charge in [0.05, 0.1) is 17.6 Å². The molecule has 0 aliphatic rings. The minimum Gasteiger partial charge on any atom is -0.494 e. The van der Waals surface area contributed by atoms with Crippen molar-refractivity contribution in [2.24, 2.45) is 0 Å². The van der Waals surface area contributed by atoms with Crippen molar-refractivity contribution in [1.82, 2.24) is 9.97 Å². The number of imidazole rings is 1. The van der Waals surface area contributed by atoms with E-state index in [0.29, 0.717) is 6.61 Å². The predicted octanol–water partition coefficient (Wildman–Crippen LogP) is 5.18. The first-order valence-electron chi connectivity index (χ1n) is 9.28. The molecule has 0 amide bonds. The van der Waals surface area contributed by atoms with Gasteiger partial charge in [0.25, 0.3) is 0 Å². The van der Waals surface area contributed by atoms with Crippen LogP contribution in [0, 0.1) is 12.2 Å². The van der Waals surface area contributed by atoms with Gasteiger partial charge in [-0.3, -0.25) is 0 Å². The van der Waals surface area contributed by atoms with Crippen LogP contribution in [0.1, 0.15) is 17.5 Å². The van der Waals surface area contributed by atoms with E-state index < -0.39 is 0 Å². The van der Waals surface area contributed by atoms with Gasteiger partial charge in [-0.1, -0.05) is 36.4 Å². The molecular weight excluding hydrogens is 353 g/mol. The van der Waals surface area contributed by atoms with E-state index in [2.05, 4.69) is 15.3 Å². The molecule has 4 nitrogen and oxygen atoms in total. The maximum absolute atomic E-state index is 13.0. The fourth-order valence-corrected chi connectivity index (χ4v) is 2.92. The number of halogens is 1. The third-order valence-electron chi connectivity index (χ3n) is 4.36. The number of nitrogens with zero attached hydrogens (tertiary/aromatic N) is 1. The predicted molar refractivity (Wildman–Crippen MR) is 110 cm³/mol. The molecule has 0 bridgehead atoms. The second-order valence-electron chi connectivity index (χ2n) is 6.50. The van der Waals surface area contributed by atoms with Crippen LogP contribution in [-0.4, -0.2) is 23.1 Å². The highest BCUT2D eigenvalue weighted by molar-refractivity contribution is 5.77. The van der Waals surface area contributed by atoms with Gasteiger partial charge in [0.15, 0.2) is 0 Å². The lowest BCUT2D eigenvalue weighted by molar-refractivity contribution is 0.315. The molecule has 0 unspecified atom stereocenters. The number of H-pyrrole nitrogens is 1. The SMILES string of the molecule is Fc1ccc([CH]c2ccc(OCCCNc3nc4ccccc4[nH]3)cc2)cc1. The van der Waals surface area contributed by atoms with Gasteiger partial charge in [0.2, 0.25) is 5.95 Å². The van der Waals surface area contributed by atoms with Crippen LogP contribution >= 0.6 is 0 Å². The Morgan fingerprint density at radius 3 is 2.39 bits per heavy atom. The van der Waals surface area contributed by atoms with Gasteiger partial charge in [-0.25, -0.2) is 9.37 Å². The Balaban J connectivity index is 1.20. The van der Waals surface area contributed by atoms with Crippen molar-refractivity contribution in [3.8, 4) is 5.75 Å². The zero-order valence-electron chi connectivity index (χ0n) is 15.4. The number of hydrogen-bond donors (Lipinski definition) is 2. The molecule has 0 spiro atoms. The van der Waals surface area contributed by atoms with Crippen LogP contribution in [-0.2, 0) is 0 Å². The molecular formula is C23H21FN3O. The van der Waals surface area contributed by atoms with Crippen LogP contribution in [0.5, 0.6) is 5.75 Å². The summed E-state index contributed by atoms with van der Waals surface area (Å²) in [7, 11) is 0. The maximum atomic E-state index is 13.0. The molecule has 0 saturated carbocycles. The van der Waals surface area contributed by atoms with E-state index in [-0.39, 0.29) is 5.82 Å². The maximum Gasteiger partial charge on any atom is 0.201 e. The van der Waals surface area contributed by atoms with Crippen LogP contribution in [0.2, 0.25) is 0 Å². The zero-order chi connectivity index (χ0) is 19.2. The highest BCUT2D eigenvalue weighted by Gasteiger charge is 2.02. The second kappa shape index (κ2) is 8.57. The number of ether oxygens (including phenoxy) is 1. The van der Waals surface area contributed by atoms with Gasteiger partial charge in [0.1, 0.15) is 11.6 Å². The second-order valence-corrected chi connectivity index (χ2v) is 6.50. The molecule has 0 saturated heterocycles. The minimum atomic E-state index is -0.226. The highest BCUT2D eigenvalue weighted by atomic mass is 19.1. The van der Waals surface area contributed by atoms with Crippen molar-refractivity contribution in [3.63, 3.8) is 0 Å². The Morgan fingerprint density at radius 2 is 1.64 bits per heavy atom. The van der Waals surface area contributed by atoms with Crippen LogP contribution in [0.25, 0.3) is 11.0 Å². The molecule has 3 aromatic carbocycles.